The smallest absolute Gasteiger partial charge is 0.191 e. The molecule has 0 unspecified atom stereocenters. The zero-order valence-electron chi connectivity index (χ0n) is 15.8. The van der Waals surface area contributed by atoms with Crippen molar-refractivity contribution < 1.29 is 0 Å². The molecular formula is C19H38N4. The molecule has 0 amide bonds. The normalized spacial score (nSPS) is 28.1. The molecule has 2 fully saturated rings. The molecule has 1 saturated heterocycles. The number of rotatable bonds is 5. The van der Waals surface area contributed by atoms with Crippen LogP contribution in [-0.2, 0) is 0 Å². The first-order valence-electron chi connectivity index (χ1n) is 9.87. The van der Waals surface area contributed by atoms with E-state index in [9.17, 15) is 0 Å². The molecule has 0 radical (unpaired) electrons. The van der Waals surface area contributed by atoms with Crippen LogP contribution < -0.4 is 10.6 Å². The monoisotopic (exact) mass is 322 g/mol. The van der Waals surface area contributed by atoms with Crippen molar-refractivity contribution in [3.05, 3.63) is 0 Å². The minimum absolute atomic E-state index is 0.578. The highest BCUT2D eigenvalue weighted by molar-refractivity contribution is 5.80. The second-order valence-corrected chi connectivity index (χ2v) is 7.89. The highest BCUT2D eigenvalue weighted by Crippen LogP contribution is 2.28. The third-order valence-electron chi connectivity index (χ3n) is 5.59. The maximum Gasteiger partial charge on any atom is 0.191 e. The summed E-state index contributed by atoms with van der Waals surface area (Å²) in [5, 5.41) is 7.11. The van der Waals surface area contributed by atoms with E-state index in [1.165, 1.54) is 51.6 Å². The molecule has 23 heavy (non-hydrogen) atoms. The third-order valence-corrected chi connectivity index (χ3v) is 5.59. The molecule has 0 atom stereocenters. The predicted molar refractivity (Wildman–Crippen MR) is 100.0 cm³/mol. The number of piperidine rings is 1. The number of hydrogen-bond donors (Lipinski definition) is 2. The number of nitrogens with one attached hydrogen (secondary N) is 2. The van der Waals surface area contributed by atoms with Crippen molar-refractivity contribution in [3.8, 4) is 0 Å². The second-order valence-electron chi connectivity index (χ2n) is 7.89. The van der Waals surface area contributed by atoms with E-state index in [-0.39, 0.29) is 0 Å². The van der Waals surface area contributed by atoms with Gasteiger partial charge in [0, 0.05) is 38.3 Å². The fourth-order valence-electron chi connectivity index (χ4n) is 3.81. The van der Waals surface area contributed by atoms with Gasteiger partial charge in [-0.15, -0.1) is 0 Å². The largest absolute Gasteiger partial charge is 0.357 e. The zero-order valence-corrected chi connectivity index (χ0v) is 15.8. The quantitative estimate of drug-likeness (QED) is 0.603. The van der Waals surface area contributed by atoms with E-state index in [1.54, 1.807) is 0 Å². The van der Waals surface area contributed by atoms with Gasteiger partial charge in [-0.05, 0) is 58.3 Å². The summed E-state index contributed by atoms with van der Waals surface area (Å²) >= 11 is 0. The minimum atomic E-state index is 0.578. The Kier molecular flexibility index (Phi) is 7.68. The van der Waals surface area contributed by atoms with Gasteiger partial charge < -0.3 is 15.5 Å². The summed E-state index contributed by atoms with van der Waals surface area (Å²) in [6.45, 7) is 13.5. The van der Waals surface area contributed by atoms with Gasteiger partial charge in [0.05, 0.1) is 0 Å². The van der Waals surface area contributed by atoms with Crippen LogP contribution in [-0.4, -0.2) is 49.1 Å². The molecule has 1 aliphatic heterocycles. The minimum Gasteiger partial charge on any atom is -0.357 e. The Labute approximate surface area is 143 Å². The van der Waals surface area contributed by atoms with Gasteiger partial charge in [0.15, 0.2) is 5.96 Å². The van der Waals surface area contributed by atoms with Crippen LogP contribution in [0.3, 0.4) is 0 Å². The van der Waals surface area contributed by atoms with Crippen molar-refractivity contribution in [2.24, 2.45) is 16.8 Å². The summed E-state index contributed by atoms with van der Waals surface area (Å²) in [5.74, 6) is 2.76. The standard InChI is InChI=1S/C19H38N4/c1-5-20-19(21-14-17-8-6-16(4)7-9-17)22-18-10-12-23(13-11-18)15(2)3/h15-18H,5-14H2,1-4H3,(H2,20,21,22). The maximum absolute atomic E-state index is 4.89. The van der Waals surface area contributed by atoms with E-state index < -0.39 is 0 Å². The van der Waals surface area contributed by atoms with Gasteiger partial charge >= 0.3 is 0 Å². The Morgan fingerprint density at radius 3 is 2.30 bits per heavy atom. The SMILES string of the molecule is CCNC(=NCC1CCC(C)CC1)NC1CCN(C(C)C)CC1. The molecule has 0 spiro atoms. The van der Waals surface area contributed by atoms with E-state index in [0.717, 1.165) is 30.9 Å². The van der Waals surface area contributed by atoms with Crippen molar-refractivity contribution in [2.45, 2.75) is 78.3 Å². The van der Waals surface area contributed by atoms with Gasteiger partial charge in [0.25, 0.3) is 0 Å². The first-order valence-corrected chi connectivity index (χ1v) is 9.87. The van der Waals surface area contributed by atoms with E-state index in [2.05, 4.69) is 43.2 Å². The van der Waals surface area contributed by atoms with Crippen LogP contribution in [0.25, 0.3) is 0 Å². The lowest BCUT2D eigenvalue weighted by Crippen LogP contribution is -2.50. The molecule has 4 heteroatoms. The summed E-state index contributed by atoms with van der Waals surface area (Å²) in [4.78, 5) is 7.47. The van der Waals surface area contributed by atoms with Crippen molar-refractivity contribution >= 4 is 5.96 Å². The van der Waals surface area contributed by atoms with Crippen LogP contribution in [0.15, 0.2) is 4.99 Å². The second kappa shape index (κ2) is 9.51. The molecule has 0 aromatic rings. The molecule has 1 aliphatic carbocycles. The molecule has 0 aromatic heterocycles. The van der Waals surface area contributed by atoms with Crippen molar-refractivity contribution in [2.75, 3.05) is 26.2 Å². The van der Waals surface area contributed by atoms with E-state index in [0.29, 0.717) is 12.1 Å². The number of nitrogens with zero attached hydrogens (tertiary/aromatic N) is 2. The van der Waals surface area contributed by atoms with E-state index in [1.807, 2.05) is 0 Å². The van der Waals surface area contributed by atoms with Gasteiger partial charge in [-0.2, -0.15) is 0 Å². The Bertz CT molecular complexity index is 350. The van der Waals surface area contributed by atoms with E-state index >= 15 is 0 Å². The summed E-state index contributed by atoms with van der Waals surface area (Å²) in [6, 6.07) is 1.25. The summed E-state index contributed by atoms with van der Waals surface area (Å²) < 4.78 is 0. The molecule has 2 N–H and O–H groups in total. The lowest BCUT2D eigenvalue weighted by Gasteiger charge is -2.35. The number of aliphatic imine (C=N–C) groups is 1. The Morgan fingerprint density at radius 1 is 1.09 bits per heavy atom. The fraction of sp³-hybridized carbons (Fsp3) is 0.947. The van der Waals surface area contributed by atoms with Gasteiger partial charge in [-0.25, -0.2) is 0 Å². The van der Waals surface area contributed by atoms with Gasteiger partial charge in [-0.1, -0.05) is 19.8 Å². The highest BCUT2D eigenvalue weighted by Gasteiger charge is 2.22. The lowest BCUT2D eigenvalue weighted by atomic mass is 9.83. The van der Waals surface area contributed by atoms with Crippen LogP contribution in [0.2, 0.25) is 0 Å². The maximum atomic E-state index is 4.89. The topological polar surface area (TPSA) is 39.7 Å². The van der Waals surface area contributed by atoms with Crippen LogP contribution in [0.1, 0.15) is 66.2 Å². The van der Waals surface area contributed by atoms with Crippen molar-refractivity contribution in [1.29, 1.82) is 0 Å². The summed E-state index contributed by atoms with van der Waals surface area (Å²) in [5.41, 5.74) is 0. The molecule has 134 valence electrons. The van der Waals surface area contributed by atoms with Crippen LogP contribution in [0.4, 0.5) is 0 Å². The zero-order chi connectivity index (χ0) is 16.7. The number of hydrogen-bond acceptors (Lipinski definition) is 2. The molecule has 1 saturated carbocycles. The lowest BCUT2D eigenvalue weighted by molar-refractivity contribution is 0.167. The molecule has 0 bridgehead atoms. The number of guanidine groups is 1. The average Bonchev–Trinajstić information content (AvgIpc) is 2.55. The highest BCUT2D eigenvalue weighted by atomic mass is 15.2. The van der Waals surface area contributed by atoms with Crippen LogP contribution >= 0.6 is 0 Å². The molecule has 4 nitrogen and oxygen atoms in total. The first-order chi connectivity index (χ1) is 11.1. The van der Waals surface area contributed by atoms with Gasteiger partial charge in [-0.3, -0.25) is 4.99 Å². The van der Waals surface area contributed by atoms with Crippen molar-refractivity contribution in [1.82, 2.24) is 15.5 Å². The Balaban J connectivity index is 1.78. The molecule has 0 aromatic carbocycles. The molecular weight excluding hydrogens is 284 g/mol. The molecule has 2 aliphatic rings. The first kappa shape index (κ1) is 18.6. The summed E-state index contributed by atoms with van der Waals surface area (Å²) in [6.07, 6.45) is 7.94. The number of likely N-dealkylation sites (tertiary alicyclic amines) is 1. The summed E-state index contributed by atoms with van der Waals surface area (Å²) in [7, 11) is 0. The van der Waals surface area contributed by atoms with Gasteiger partial charge in [0.1, 0.15) is 0 Å². The van der Waals surface area contributed by atoms with Gasteiger partial charge in [0.2, 0.25) is 0 Å². The third kappa shape index (κ3) is 6.33. The van der Waals surface area contributed by atoms with Crippen molar-refractivity contribution in [3.63, 3.8) is 0 Å². The molecule has 1 heterocycles. The van der Waals surface area contributed by atoms with E-state index in [4.69, 9.17) is 4.99 Å². The Hall–Kier alpha value is -0.770. The average molecular weight is 323 g/mol. The fourth-order valence-corrected chi connectivity index (χ4v) is 3.81. The Morgan fingerprint density at radius 2 is 1.74 bits per heavy atom. The molecule has 2 rings (SSSR count). The van der Waals surface area contributed by atoms with Crippen LogP contribution in [0.5, 0.6) is 0 Å². The predicted octanol–water partition coefficient (Wildman–Crippen LogP) is 3.24. The van der Waals surface area contributed by atoms with Crippen LogP contribution in [0, 0.1) is 11.8 Å².